The molecule has 2 aromatic rings. The van der Waals surface area contributed by atoms with E-state index in [2.05, 4.69) is 15.4 Å². The van der Waals surface area contributed by atoms with Gasteiger partial charge in [-0.2, -0.15) is 5.01 Å². The molecule has 0 atom stereocenters. The molecule has 2 aromatic heterocycles. The summed E-state index contributed by atoms with van der Waals surface area (Å²) in [5.74, 6) is -1.29. The van der Waals surface area contributed by atoms with E-state index >= 15 is 0 Å². The van der Waals surface area contributed by atoms with Crippen LogP contribution in [0.3, 0.4) is 0 Å². The lowest BCUT2D eigenvalue weighted by molar-refractivity contribution is -0.135. The fourth-order valence-electron chi connectivity index (χ4n) is 2.15. The molecule has 0 saturated carbocycles. The number of rotatable bonds is 5. The molecule has 0 radical (unpaired) electrons. The topological polar surface area (TPSA) is 101 Å². The number of hydrazine groups is 1. The van der Waals surface area contributed by atoms with E-state index < -0.39 is 17.8 Å². The SMILES string of the molecule is CCOC(=O)c1cnc(-c2cccs2)nc1NN1C(=O)C=C(C)C1=O. The average molecular weight is 358 g/mol. The molecule has 1 N–H and O–H groups in total. The molecule has 2 amide bonds. The van der Waals surface area contributed by atoms with Crippen molar-refractivity contribution >= 4 is 34.9 Å². The number of esters is 1. The summed E-state index contributed by atoms with van der Waals surface area (Å²) in [5, 5.41) is 2.67. The Morgan fingerprint density at radius 3 is 2.80 bits per heavy atom. The van der Waals surface area contributed by atoms with Gasteiger partial charge in [0.05, 0.1) is 11.5 Å². The van der Waals surface area contributed by atoms with Crippen LogP contribution >= 0.6 is 11.3 Å². The Bertz CT molecular complexity index is 876. The van der Waals surface area contributed by atoms with E-state index in [9.17, 15) is 14.4 Å². The van der Waals surface area contributed by atoms with Crippen LogP contribution in [0.4, 0.5) is 5.82 Å². The second-order valence-electron chi connectivity index (χ2n) is 5.07. The molecule has 0 spiro atoms. The molecule has 8 nitrogen and oxygen atoms in total. The monoisotopic (exact) mass is 358 g/mol. The normalized spacial score (nSPS) is 13.8. The van der Waals surface area contributed by atoms with Gasteiger partial charge in [-0.25, -0.2) is 14.8 Å². The third-order valence-electron chi connectivity index (χ3n) is 3.34. The first-order valence-corrected chi connectivity index (χ1v) is 8.30. The maximum absolute atomic E-state index is 12.1. The predicted octanol–water partition coefficient (Wildman–Crippen LogP) is 2.02. The molecule has 1 aliphatic rings. The molecule has 0 unspecified atom stereocenters. The number of amides is 2. The quantitative estimate of drug-likeness (QED) is 0.644. The highest BCUT2D eigenvalue weighted by molar-refractivity contribution is 7.13. The van der Waals surface area contributed by atoms with Gasteiger partial charge in [-0.05, 0) is 25.3 Å². The lowest BCUT2D eigenvalue weighted by Gasteiger charge is -2.18. The minimum atomic E-state index is -0.647. The van der Waals surface area contributed by atoms with Crippen molar-refractivity contribution in [3.63, 3.8) is 0 Å². The summed E-state index contributed by atoms with van der Waals surface area (Å²) in [6, 6.07) is 3.67. The number of hydrogen-bond acceptors (Lipinski definition) is 8. The first kappa shape index (κ1) is 16.8. The van der Waals surface area contributed by atoms with Crippen molar-refractivity contribution in [2.45, 2.75) is 13.8 Å². The van der Waals surface area contributed by atoms with E-state index in [1.807, 2.05) is 17.5 Å². The van der Waals surface area contributed by atoms with Gasteiger partial charge in [-0.1, -0.05) is 6.07 Å². The highest BCUT2D eigenvalue weighted by Gasteiger charge is 2.30. The number of hydrogen-bond donors (Lipinski definition) is 1. The molecule has 0 saturated heterocycles. The second kappa shape index (κ2) is 6.81. The first-order valence-electron chi connectivity index (χ1n) is 7.42. The zero-order chi connectivity index (χ0) is 18.0. The van der Waals surface area contributed by atoms with Crippen molar-refractivity contribution in [3.8, 4) is 10.7 Å². The number of carbonyl (C=O) groups is 3. The summed E-state index contributed by atoms with van der Waals surface area (Å²) in [4.78, 5) is 45.4. The maximum Gasteiger partial charge on any atom is 0.343 e. The largest absolute Gasteiger partial charge is 0.462 e. The van der Waals surface area contributed by atoms with E-state index in [0.717, 1.165) is 9.89 Å². The third-order valence-corrected chi connectivity index (χ3v) is 4.21. The number of aromatic nitrogens is 2. The van der Waals surface area contributed by atoms with Crippen LogP contribution < -0.4 is 5.43 Å². The molecule has 128 valence electrons. The molecular formula is C16H14N4O4S. The lowest BCUT2D eigenvalue weighted by Crippen LogP contribution is -2.37. The number of ether oxygens (including phenoxy) is 1. The minimum Gasteiger partial charge on any atom is -0.462 e. The van der Waals surface area contributed by atoms with Gasteiger partial charge in [-0.3, -0.25) is 15.0 Å². The smallest absolute Gasteiger partial charge is 0.343 e. The van der Waals surface area contributed by atoms with Gasteiger partial charge >= 0.3 is 5.97 Å². The van der Waals surface area contributed by atoms with Crippen molar-refractivity contribution in [3.05, 3.63) is 40.9 Å². The van der Waals surface area contributed by atoms with E-state index in [-0.39, 0.29) is 18.0 Å². The van der Waals surface area contributed by atoms with Crippen LogP contribution in [0.2, 0.25) is 0 Å². The van der Waals surface area contributed by atoms with Crippen molar-refractivity contribution < 1.29 is 19.1 Å². The molecule has 3 heterocycles. The van der Waals surface area contributed by atoms with Gasteiger partial charge in [0.1, 0.15) is 5.56 Å². The van der Waals surface area contributed by atoms with Gasteiger partial charge in [0, 0.05) is 17.8 Å². The predicted molar refractivity (Wildman–Crippen MR) is 90.5 cm³/mol. The summed E-state index contributed by atoms with van der Waals surface area (Å²) < 4.78 is 4.98. The van der Waals surface area contributed by atoms with E-state index in [1.165, 1.54) is 30.5 Å². The molecule has 0 aromatic carbocycles. The van der Waals surface area contributed by atoms with Crippen molar-refractivity contribution in [2.75, 3.05) is 12.0 Å². The fraction of sp³-hybridized carbons (Fsp3) is 0.188. The molecule has 25 heavy (non-hydrogen) atoms. The van der Waals surface area contributed by atoms with Crippen LogP contribution in [0.1, 0.15) is 24.2 Å². The number of carbonyl (C=O) groups excluding carboxylic acids is 3. The second-order valence-corrected chi connectivity index (χ2v) is 6.02. The van der Waals surface area contributed by atoms with E-state index in [1.54, 1.807) is 6.92 Å². The summed E-state index contributed by atoms with van der Waals surface area (Å²) in [7, 11) is 0. The third kappa shape index (κ3) is 3.26. The van der Waals surface area contributed by atoms with E-state index in [0.29, 0.717) is 11.4 Å². The lowest BCUT2D eigenvalue weighted by atomic mass is 10.3. The Kier molecular flexibility index (Phi) is 4.57. The molecule has 1 aliphatic heterocycles. The number of nitrogens with one attached hydrogen (secondary N) is 1. The fourth-order valence-corrected chi connectivity index (χ4v) is 2.81. The minimum absolute atomic E-state index is 0.0293. The highest BCUT2D eigenvalue weighted by Crippen LogP contribution is 2.25. The first-order chi connectivity index (χ1) is 12.0. The van der Waals surface area contributed by atoms with Crippen LogP contribution in [0.15, 0.2) is 35.4 Å². The van der Waals surface area contributed by atoms with Gasteiger partial charge in [0.15, 0.2) is 11.6 Å². The Labute approximate surface area is 147 Å². The average Bonchev–Trinajstić information content (AvgIpc) is 3.20. The van der Waals surface area contributed by atoms with Gasteiger partial charge < -0.3 is 4.74 Å². The highest BCUT2D eigenvalue weighted by atomic mass is 32.1. The standard InChI is InChI=1S/C16H14N4O4S/c1-3-24-16(23)10-8-17-14(11-5-4-6-25-11)18-13(10)19-20-12(21)7-9(2)15(20)22/h4-8H,3H2,1-2H3,(H,17,18,19). The number of anilines is 1. The summed E-state index contributed by atoms with van der Waals surface area (Å²) in [6.07, 6.45) is 2.52. The summed E-state index contributed by atoms with van der Waals surface area (Å²) in [6.45, 7) is 3.38. The Morgan fingerprint density at radius 2 is 2.20 bits per heavy atom. The van der Waals surface area contributed by atoms with Crippen LogP contribution in [0, 0.1) is 0 Å². The van der Waals surface area contributed by atoms with Gasteiger partial charge in [0.2, 0.25) is 0 Å². The molecule has 3 rings (SSSR count). The number of thiophene rings is 1. The van der Waals surface area contributed by atoms with Crippen LogP contribution in [-0.2, 0) is 14.3 Å². The molecule has 9 heteroatoms. The Morgan fingerprint density at radius 1 is 1.40 bits per heavy atom. The summed E-state index contributed by atoms with van der Waals surface area (Å²) in [5.41, 5.74) is 2.94. The van der Waals surface area contributed by atoms with E-state index in [4.69, 9.17) is 4.74 Å². The van der Waals surface area contributed by atoms with Crippen molar-refractivity contribution in [1.82, 2.24) is 15.0 Å². The number of nitrogens with zero attached hydrogens (tertiary/aromatic N) is 3. The van der Waals surface area contributed by atoms with Crippen molar-refractivity contribution in [2.24, 2.45) is 0 Å². The van der Waals surface area contributed by atoms with Gasteiger partial charge in [-0.15, -0.1) is 11.3 Å². The summed E-state index contributed by atoms with van der Waals surface area (Å²) >= 11 is 1.43. The van der Waals surface area contributed by atoms with Crippen LogP contribution in [0.25, 0.3) is 10.7 Å². The molecule has 0 fully saturated rings. The Hall–Kier alpha value is -3.07. The van der Waals surface area contributed by atoms with Crippen LogP contribution in [-0.4, -0.2) is 39.4 Å². The van der Waals surface area contributed by atoms with Crippen LogP contribution in [0.5, 0.6) is 0 Å². The van der Waals surface area contributed by atoms with Gasteiger partial charge in [0.25, 0.3) is 11.8 Å². The maximum atomic E-state index is 12.1. The zero-order valence-electron chi connectivity index (χ0n) is 13.5. The molecular weight excluding hydrogens is 344 g/mol. The molecule has 0 aliphatic carbocycles. The molecule has 0 bridgehead atoms. The zero-order valence-corrected chi connectivity index (χ0v) is 14.3. The Balaban J connectivity index is 1.99. The van der Waals surface area contributed by atoms with Crippen molar-refractivity contribution in [1.29, 1.82) is 0 Å². The number of imide groups is 1.